The Morgan fingerprint density at radius 2 is 2.12 bits per heavy atom. The van der Waals surface area contributed by atoms with Crippen LogP contribution in [0.5, 0.6) is 5.75 Å². The Morgan fingerprint density at radius 3 is 2.65 bits per heavy atom. The molecule has 0 heterocycles. The lowest BCUT2D eigenvalue weighted by molar-refractivity contribution is -0.122. The molecular weight excluding hydrogens is 214 g/mol. The molecule has 0 fully saturated rings. The average molecular weight is 235 g/mol. The Kier molecular flexibility index (Phi) is 5.01. The number of benzene rings is 1. The number of likely N-dealkylation sites (N-methyl/N-ethyl adjacent to an activating group) is 1. The van der Waals surface area contributed by atoms with Crippen molar-refractivity contribution in [2.75, 3.05) is 13.2 Å². The van der Waals surface area contributed by atoms with Crippen LogP contribution in [0.25, 0.3) is 0 Å². The fraction of sp³-hybridized carbons (Fsp3) is 0.500. The number of carbonyl (C=O) groups is 1. The second-order valence-corrected chi connectivity index (χ2v) is 4.42. The summed E-state index contributed by atoms with van der Waals surface area (Å²) in [6, 6.07) is 5.96. The van der Waals surface area contributed by atoms with E-state index in [2.05, 4.69) is 32.2 Å². The van der Waals surface area contributed by atoms with Crippen molar-refractivity contribution in [3.63, 3.8) is 0 Å². The first-order valence-electron chi connectivity index (χ1n) is 6.04. The van der Waals surface area contributed by atoms with Gasteiger partial charge in [0.2, 0.25) is 0 Å². The standard InChI is InChI=1S/C14H21NO2/c1-5-15-14(16)9-17-12-6-7-13(10(2)3)11(4)8-12/h6-8,10H,5,9H2,1-4H3,(H,15,16). The Hall–Kier alpha value is -1.51. The molecule has 0 aliphatic rings. The smallest absolute Gasteiger partial charge is 0.257 e. The summed E-state index contributed by atoms with van der Waals surface area (Å²) in [5, 5.41) is 2.70. The molecule has 3 nitrogen and oxygen atoms in total. The number of hydrogen-bond acceptors (Lipinski definition) is 2. The highest BCUT2D eigenvalue weighted by molar-refractivity contribution is 5.77. The minimum absolute atomic E-state index is 0.0777. The highest BCUT2D eigenvalue weighted by Gasteiger charge is 2.06. The van der Waals surface area contributed by atoms with Gasteiger partial charge in [0.25, 0.3) is 5.91 Å². The van der Waals surface area contributed by atoms with Gasteiger partial charge in [-0.05, 0) is 43.0 Å². The van der Waals surface area contributed by atoms with E-state index in [1.165, 1.54) is 11.1 Å². The maximum atomic E-state index is 11.2. The van der Waals surface area contributed by atoms with E-state index in [0.29, 0.717) is 12.5 Å². The molecule has 0 aliphatic heterocycles. The van der Waals surface area contributed by atoms with Crippen molar-refractivity contribution in [2.24, 2.45) is 0 Å². The van der Waals surface area contributed by atoms with Gasteiger partial charge in [-0.3, -0.25) is 4.79 Å². The summed E-state index contributed by atoms with van der Waals surface area (Å²) in [7, 11) is 0. The highest BCUT2D eigenvalue weighted by atomic mass is 16.5. The van der Waals surface area contributed by atoms with Crippen LogP contribution in [0, 0.1) is 6.92 Å². The van der Waals surface area contributed by atoms with Crippen LogP contribution in [0.1, 0.15) is 37.8 Å². The third-order valence-electron chi connectivity index (χ3n) is 2.61. The molecular formula is C14H21NO2. The molecule has 1 rings (SSSR count). The van der Waals surface area contributed by atoms with Crippen molar-refractivity contribution in [3.05, 3.63) is 29.3 Å². The number of amides is 1. The van der Waals surface area contributed by atoms with Crippen LogP contribution in [0.3, 0.4) is 0 Å². The van der Waals surface area contributed by atoms with E-state index >= 15 is 0 Å². The quantitative estimate of drug-likeness (QED) is 0.852. The second kappa shape index (κ2) is 6.28. The normalized spacial score (nSPS) is 10.4. The summed E-state index contributed by atoms with van der Waals surface area (Å²) >= 11 is 0. The zero-order valence-corrected chi connectivity index (χ0v) is 11.0. The van der Waals surface area contributed by atoms with Crippen LogP contribution in [-0.4, -0.2) is 19.1 Å². The summed E-state index contributed by atoms with van der Waals surface area (Å²) in [4.78, 5) is 11.2. The van der Waals surface area contributed by atoms with Crippen LogP contribution in [-0.2, 0) is 4.79 Å². The minimum atomic E-state index is -0.0851. The number of hydrogen-bond donors (Lipinski definition) is 1. The second-order valence-electron chi connectivity index (χ2n) is 4.42. The molecule has 0 spiro atoms. The first-order valence-corrected chi connectivity index (χ1v) is 6.04. The first kappa shape index (κ1) is 13.6. The molecule has 0 atom stereocenters. The van der Waals surface area contributed by atoms with E-state index in [4.69, 9.17) is 4.74 Å². The molecule has 1 amide bonds. The first-order chi connectivity index (χ1) is 8.04. The van der Waals surface area contributed by atoms with Crippen molar-refractivity contribution in [1.82, 2.24) is 5.32 Å². The lowest BCUT2D eigenvalue weighted by Gasteiger charge is -2.12. The molecule has 1 aromatic rings. The molecule has 0 saturated heterocycles. The molecule has 94 valence electrons. The van der Waals surface area contributed by atoms with Gasteiger partial charge in [0.05, 0.1) is 0 Å². The molecule has 3 heteroatoms. The zero-order valence-electron chi connectivity index (χ0n) is 11.0. The van der Waals surface area contributed by atoms with E-state index in [-0.39, 0.29) is 12.5 Å². The van der Waals surface area contributed by atoms with E-state index in [9.17, 15) is 4.79 Å². The number of rotatable bonds is 5. The maximum Gasteiger partial charge on any atom is 0.257 e. The van der Waals surface area contributed by atoms with Gasteiger partial charge in [-0.1, -0.05) is 19.9 Å². The molecule has 0 saturated carbocycles. The number of carbonyl (C=O) groups excluding carboxylic acids is 1. The predicted molar refractivity (Wildman–Crippen MR) is 69.4 cm³/mol. The van der Waals surface area contributed by atoms with Crippen LogP contribution in [0.2, 0.25) is 0 Å². The fourth-order valence-corrected chi connectivity index (χ4v) is 1.78. The largest absolute Gasteiger partial charge is 0.484 e. The van der Waals surface area contributed by atoms with Gasteiger partial charge in [0.15, 0.2) is 6.61 Å². The van der Waals surface area contributed by atoms with Crippen LogP contribution < -0.4 is 10.1 Å². The molecule has 0 unspecified atom stereocenters. The zero-order chi connectivity index (χ0) is 12.8. The Labute approximate surface area is 103 Å². The van der Waals surface area contributed by atoms with Gasteiger partial charge in [-0.15, -0.1) is 0 Å². The Bertz CT molecular complexity index is 386. The number of aryl methyl sites for hydroxylation is 1. The summed E-state index contributed by atoms with van der Waals surface area (Å²) in [5.41, 5.74) is 2.52. The van der Waals surface area contributed by atoms with Crippen molar-refractivity contribution in [2.45, 2.75) is 33.6 Å². The monoisotopic (exact) mass is 235 g/mol. The van der Waals surface area contributed by atoms with E-state index in [0.717, 1.165) is 5.75 Å². The molecule has 1 N–H and O–H groups in total. The molecule has 0 aromatic heterocycles. The predicted octanol–water partition coefficient (Wildman–Crippen LogP) is 2.63. The topological polar surface area (TPSA) is 38.3 Å². The molecule has 0 aliphatic carbocycles. The van der Waals surface area contributed by atoms with Crippen LogP contribution >= 0.6 is 0 Å². The van der Waals surface area contributed by atoms with E-state index in [1.54, 1.807) is 0 Å². The lowest BCUT2D eigenvalue weighted by Crippen LogP contribution is -2.28. The molecule has 17 heavy (non-hydrogen) atoms. The van der Waals surface area contributed by atoms with Gasteiger partial charge in [-0.25, -0.2) is 0 Å². The van der Waals surface area contributed by atoms with E-state index in [1.807, 2.05) is 19.1 Å². The minimum Gasteiger partial charge on any atom is -0.484 e. The number of ether oxygens (including phenoxy) is 1. The summed E-state index contributed by atoms with van der Waals surface area (Å²) < 4.78 is 5.42. The van der Waals surface area contributed by atoms with Crippen molar-refractivity contribution >= 4 is 5.91 Å². The van der Waals surface area contributed by atoms with E-state index < -0.39 is 0 Å². The Balaban J connectivity index is 2.62. The van der Waals surface area contributed by atoms with Crippen molar-refractivity contribution < 1.29 is 9.53 Å². The highest BCUT2D eigenvalue weighted by Crippen LogP contribution is 2.23. The third-order valence-corrected chi connectivity index (χ3v) is 2.61. The van der Waals surface area contributed by atoms with Crippen molar-refractivity contribution in [3.8, 4) is 5.75 Å². The Morgan fingerprint density at radius 1 is 1.41 bits per heavy atom. The molecule has 1 aromatic carbocycles. The van der Waals surface area contributed by atoms with Crippen LogP contribution in [0.4, 0.5) is 0 Å². The average Bonchev–Trinajstić information content (AvgIpc) is 2.26. The molecule has 0 radical (unpaired) electrons. The number of nitrogens with one attached hydrogen (secondary N) is 1. The van der Waals surface area contributed by atoms with Gasteiger partial charge < -0.3 is 10.1 Å². The van der Waals surface area contributed by atoms with Crippen molar-refractivity contribution in [1.29, 1.82) is 0 Å². The third kappa shape index (κ3) is 4.10. The van der Waals surface area contributed by atoms with Gasteiger partial charge >= 0.3 is 0 Å². The molecule has 0 bridgehead atoms. The van der Waals surface area contributed by atoms with Gasteiger partial charge in [0.1, 0.15) is 5.75 Å². The van der Waals surface area contributed by atoms with Gasteiger partial charge in [0, 0.05) is 6.54 Å². The maximum absolute atomic E-state index is 11.2. The summed E-state index contributed by atoms with van der Waals surface area (Å²) in [5.74, 6) is 1.17. The van der Waals surface area contributed by atoms with Gasteiger partial charge in [-0.2, -0.15) is 0 Å². The van der Waals surface area contributed by atoms with Crippen LogP contribution in [0.15, 0.2) is 18.2 Å². The fourth-order valence-electron chi connectivity index (χ4n) is 1.78. The summed E-state index contributed by atoms with van der Waals surface area (Å²) in [6.07, 6.45) is 0. The SMILES string of the molecule is CCNC(=O)COc1ccc(C(C)C)c(C)c1. The lowest BCUT2D eigenvalue weighted by atomic mass is 9.98. The summed E-state index contributed by atoms with van der Waals surface area (Å²) in [6.45, 7) is 8.99.